The zero-order chi connectivity index (χ0) is 11.5. The van der Waals surface area contributed by atoms with Crippen molar-refractivity contribution >= 4 is 18.5 Å². The van der Waals surface area contributed by atoms with Crippen LogP contribution in [0.4, 0.5) is 0 Å². The lowest BCUT2D eigenvalue weighted by Crippen LogP contribution is -2.37. The summed E-state index contributed by atoms with van der Waals surface area (Å²) in [5, 5.41) is 0. The fraction of sp³-hybridized carbons (Fsp3) is 0.917. The first-order valence-electron chi connectivity index (χ1n) is 5.95. The van der Waals surface area contributed by atoms with E-state index in [0.717, 1.165) is 18.6 Å². The Balaban J connectivity index is 2.45. The lowest BCUT2D eigenvalue weighted by atomic mass is 10.0. The van der Waals surface area contributed by atoms with E-state index in [2.05, 4.69) is 26.5 Å². The number of nitrogens with zero attached hydrogens (tertiary/aromatic N) is 1. The average Bonchev–Trinajstić information content (AvgIpc) is 3.00. The molecule has 1 aliphatic rings. The van der Waals surface area contributed by atoms with Gasteiger partial charge in [-0.1, -0.05) is 13.8 Å². The van der Waals surface area contributed by atoms with Crippen molar-refractivity contribution in [2.45, 2.75) is 52.0 Å². The van der Waals surface area contributed by atoms with E-state index in [0.29, 0.717) is 18.4 Å². The standard InChI is InChI=1S/C12H23NOS/c1-4-10(5-2)13(3)11(14)8-12(9-15)6-7-12/h10,15H,4-9H2,1-3H3. The van der Waals surface area contributed by atoms with Gasteiger partial charge in [0, 0.05) is 19.5 Å². The molecular weight excluding hydrogens is 206 g/mol. The van der Waals surface area contributed by atoms with Gasteiger partial charge in [0.1, 0.15) is 0 Å². The van der Waals surface area contributed by atoms with Crippen LogP contribution in [0.5, 0.6) is 0 Å². The summed E-state index contributed by atoms with van der Waals surface area (Å²) in [5.41, 5.74) is 0.250. The van der Waals surface area contributed by atoms with Crippen LogP contribution < -0.4 is 0 Å². The van der Waals surface area contributed by atoms with Crippen LogP contribution in [0.25, 0.3) is 0 Å². The van der Waals surface area contributed by atoms with Crippen LogP contribution in [0.15, 0.2) is 0 Å². The number of hydrogen-bond acceptors (Lipinski definition) is 2. The van der Waals surface area contributed by atoms with E-state index in [4.69, 9.17) is 0 Å². The van der Waals surface area contributed by atoms with Gasteiger partial charge in [-0.15, -0.1) is 0 Å². The normalized spacial score (nSPS) is 17.9. The Morgan fingerprint density at radius 2 is 1.93 bits per heavy atom. The quantitative estimate of drug-likeness (QED) is 0.694. The van der Waals surface area contributed by atoms with Gasteiger partial charge >= 0.3 is 0 Å². The molecular formula is C12H23NOS. The number of rotatable bonds is 6. The summed E-state index contributed by atoms with van der Waals surface area (Å²) in [5.74, 6) is 1.16. The molecule has 88 valence electrons. The highest BCUT2D eigenvalue weighted by atomic mass is 32.1. The summed E-state index contributed by atoms with van der Waals surface area (Å²) in [6.45, 7) is 4.28. The van der Waals surface area contributed by atoms with Gasteiger partial charge in [0.05, 0.1) is 0 Å². The summed E-state index contributed by atoms with van der Waals surface area (Å²) in [7, 11) is 1.94. The minimum Gasteiger partial charge on any atom is -0.343 e. The van der Waals surface area contributed by atoms with Crippen molar-refractivity contribution < 1.29 is 4.79 Å². The van der Waals surface area contributed by atoms with Crippen molar-refractivity contribution in [2.75, 3.05) is 12.8 Å². The Morgan fingerprint density at radius 1 is 1.40 bits per heavy atom. The number of thiol groups is 1. The molecule has 0 aromatic rings. The highest BCUT2D eigenvalue weighted by Crippen LogP contribution is 2.49. The van der Waals surface area contributed by atoms with Gasteiger partial charge < -0.3 is 4.90 Å². The molecule has 0 atom stereocenters. The van der Waals surface area contributed by atoms with Crippen LogP contribution in [-0.4, -0.2) is 29.6 Å². The second-order valence-corrected chi connectivity index (χ2v) is 5.13. The molecule has 0 aromatic heterocycles. The van der Waals surface area contributed by atoms with E-state index in [1.165, 1.54) is 12.8 Å². The minimum absolute atomic E-state index is 0.250. The first-order chi connectivity index (χ1) is 7.08. The molecule has 0 aliphatic heterocycles. The predicted molar refractivity (Wildman–Crippen MR) is 67.3 cm³/mol. The van der Waals surface area contributed by atoms with E-state index in [9.17, 15) is 4.79 Å². The molecule has 2 nitrogen and oxygen atoms in total. The van der Waals surface area contributed by atoms with Crippen LogP contribution in [0.3, 0.4) is 0 Å². The molecule has 1 saturated carbocycles. The van der Waals surface area contributed by atoms with Crippen molar-refractivity contribution in [3.63, 3.8) is 0 Å². The van der Waals surface area contributed by atoms with Gasteiger partial charge in [-0.05, 0) is 36.9 Å². The summed E-state index contributed by atoms with van der Waals surface area (Å²) in [6, 6.07) is 0.410. The number of carbonyl (C=O) groups is 1. The first kappa shape index (κ1) is 12.9. The number of amides is 1. The highest BCUT2D eigenvalue weighted by Gasteiger charge is 2.43. The molecule has 1 fully saturated rings. The second kappa shape index (κ2) is 5.24. The third kappa shape index (κ3) is 3.13. The molecule has 1 amide bonds. The van der Waals surface area contributed by atoms with Gasteiger partial charge in [-0.3, -0.25) is 4.79 Å². The molecule has 1 aliphatic carbocycles. The second-order valence-electron chi connectivity index (χ2n) is 4.81. The summed E-state index contributed by atoms with van der Waals surface area (Å²) >= 11 is 4.33. The fourth-order valence-electron chi connectivity index (χ4n) is 2.05. The molecule has 3 heteroatoms. The summed E-state index contributed by atoms with van der Waals surface area (Å²) in [6.07, 6.45) is 5.15. The van der Waals surface area contributed by atoms with Crippen LogP contribution in [0, 0.1) is 5.41 Å². The Labute approximate surface area is 98.8 Å². The molecule has 0 bridgehead atoms. The Hall–Kier alpha value is -0.180. The molecule has 0 radical (unpaired) electrons. The van der Waals surface area contributed by atoms with Crippen molar-refractivity contribution in [1.29, 1.82) is 0 Å². The maximum atomic E-state index is 12.0. The topological polar surface area (TPSA) is 20.3 Å². The molecule has 1 rings (SSSR count). The fourth-order valence-corrected chi connectivity index (χ4v) is 2.48. The molecule has 0 N–H and O–H groups in total. The van der Waals surface area contributed by atoms with Crippen molar-refractivity contribution in [3.8, 4) is 0 Å². The Bertz CT molecular complexity index is 222. The van der Waals surface area contributed by atoms with E-state index < -0.39 is 0 Å². The third-order valence-corrected chi connectivity index (χ3v) is 4.37. The molecule has 0 saturated heterocycles. The zero-order valence-electron chi connectivity index (χ0n) is 10.1. The van der Waals surface area contributed by atoms with Gasteiger partial charge in [0.15, 0.2) is 0 Å². The van der Waals surface area contributed by atoms with E-state index in [1.54, 1.807) is 0 Å². The molecule has 0 heterocycles. The van der Waals surface area contributed by atoms with Crippen LogP contribution in [0.1, 0.15) is 46.0 Å². The lowest BCUT2D eigenvalue weighted by molar-refractivity contribution is -0.133. The number of hydrogen-bond donors (Lipinski definition) is 1. The van der Waals surface area contributed by atoms with Crippen LogP contribution in [0.2, 0.25) is 0 Å². The van der Waals surface area contributed by atoms with Gasteiger partial charge in [0.2, 0.25) is 5.91 Å². The van der Waals surface area contributed by atoms with E-state index in [1.807, 2.05) is 11.9 Å². The Morgan fingerprint density at radius 3 is 2.27 bits per heavy atom. The van der Waals surface area contributed by atoms with E-state index in [-0.39, 0.29) is 5.41 Å². The molecule has 0 aromatic carbocycles. The SMILES string of the molecule is CCC(CC)N(C)C(=O)CC1(CS)CC1. The average molecular weight is 229 g/mol. The minimum atomic E-state index is 0.250. The van der Waals surface area contributed by atoms with Crippen LogP contribution in [-0.2, 0) is 4.79 Å². The maximum absolute atomic E-state index is 12.0. The van der Waals surface area contributed by atoms with Crippen molar-refractivity contribution in [2.24, 2.45) is 5.41 Å². The van der Waals surface area contributed by atoms with E-state index >= 15 is 0 Å². The smallest absolute Gasteiger partial charge is 0.223 e. The molecule has 0 unspecified atom stereocenters. The largest absolute Gasteiger partial charge is 0.343 e. The van der Waals surface area contributed by atoms with Gasteiger partial charge in [0.25, 0.3) is 0 Å². The monoisotopic (exact) mass is 229 g/mol. The van der Waals surface area contributed by atoms with Gasteiger partial charge in [-0.2, -0.15) is 12.6 Å². The summed E-state index contributed by atoms with van der Waals surface area (Å²) in [4.78, 5) is 13.9. The highest BCUT2D eigenvalue weighted by molar-refractivity contribution is 7.80. The molecule has 15 heavy (non-hydrogen) atoms. The maximum Gasteiger partial charge on any atom is 0.223 e. The first-order valence-corrected chi connectivity index (χ1v) is 6.58. The van der Waals surface area contributed by atoms with Crippen molar-refractivity contribution in [1.82, 2.24) is 4.90 Å². The predicted octanol–water partition coefficient (Wildman–Crippen LogP) is 2.73. The third-order valence-electron chi connectivity index (χ3n) is 3.70. The summed E-state index contributed by atoms with van der Waals surface area (Å²) < 4.78 is 0. The zero-order valence-corrected chi connectivity index (χ0v) is 11.0. The van der Waals surface area contributed by atoms with Crippen molar-refractivity contribution in [3.05, 3.63) is 0 Å². The number of carbonyl (C=O) groups excluding carboxylic acids is 1. The Kier molecular flexibility index (Phi) is 4.50. The van der Waals surface area contributed by atoms with Crippen LogP contribution >= 0.6 is 12.6 Å². The van der Waals surface area contributed by atoms with Gasteiger partial charge in [-0.25, -0.2) is 0 Å². The molecule has 0 spiro atoms. The lowest BCUT2D eigenvalue weighted by Gasteiger charge is -2.27.